The second kappa shape index (κ2) is 6.79. The Kier molecular flexibility index (Phi) is 4.81. The van der Waals surface area contributed by atoms with Gasteiger partial charge >= 0.3 is 0 Å². The third-order valence-electron chi connectivity index (χ3n) is 2.98. The summed E-state index contributed by atoms with van der Waals surface area (Å²) in [5.41, 5.74) is 2.47. The molecule has 0 atom stereocenters. The first-order valence-electron chi connectivity index (χ1n) is 6.44. The van der Waals surface area contributed by atoms with E-state index in [9.17, 15) is 9.18 Å². The molecule has 1 heterocycles. The molecular formula is C14H17FN4O. The zero-order valence-corrected chi connectivity index (χ0v) is 11.4. The van der Waals surface area contributed by atoms with Crippen LogP contribution in [-0.2, 0) is 13.1 Å². The minimum atomic E-state index is -0.349. The van der Waals surface area contributed by atoms with E-state index in [1.165, 1.54) is 0 Å². The molecule has 0 saturated heterocycles. The number of alkyl halides is 1. The van der Waals surface area contributed by atoms with Gasteiger partial charge in [0.1, 0.15) is 12.0 Å². The highest BCUT2D eigenvalue weighted by atomic mass is 19.1. The van der Waals surface area contributed by atoms with E-state index in [0.717, 1.165) is 17.7 Å². The van der Waals surface area contributed by atoms with Crippen LogP contribution in [0.15, 0.2) is 30.5 Å². The van der Waals surface area contributed by atoms with E-state index >= 15 is 0 Å². The number of rotatable bonds is 7. The summed E-state index contributed by atoms with van der Waals surface area (Å²) >= 11 is 0. The molecular weight excluding hydrogens is 259 g/mol. The summed E-state index contributed by atoms with van der Waals surface area (Å²) in [6.45, 7) is 0.801. The van der Waals surface area contributed by atoms with E-state index in [2.05, 4.69) is 10.3 Å². The Balaban J connectivity index is 1.97. The smallest absolute Gasteiger partial charge is 0.150 e. The Morgan fingerprint density at radius 3 is 2.75 bits per heavy atom. The summed E-state index contributed by atoms with van der Waals surface area (Å²) in [6, 6.07) is 7.32. The lowest BCUT2D eigenvalue weighted by Crippen LogP contribution is -2.16. The molecule has 2 aromatic rings. The molecule has 0 amide bonds. The summed E-state index contributed by atoms with van der Waals surface area (Å²) in [5, 5.41) is 8.02. The number of halogens is 1. The summed E-state index contributed by atoms with van der Waals surface area (Å²) in [4.78, 5) is 12.6. The SMILES string of the molecule is CN(Cc1cn(CCCF)nn1)c1ccc(C=O)cc1. The first-order chi connectivity index (χ1) is 9.72. The topological polar surface area (TPSA) is 51.0 Å². The average Bonchev–Trinajstić information content (AvgIpc) is 2.92. The molecule has 106 valence electrons. The van der Waals surface area contributed by atoms with Crippen molar-refractivity contribution in [3.05, 3.63) is 41.7 Å². The molecule has 1 aromatic carbocycles. The second-order valence-electron chi connectivity index (χ2n) is 4.58. The fraction of sp³-hybridized carbons (Fsp3) is 0.357. The van der Waals surface area contributed by atoms with Crippen molar-refractivity contribution in [1.82, 2.24) is 15.0 Å². The lowest BCUT2D eigenvalue weighted by Gasteiger charge is -2.17. The van der Waals surface area contributed by atoms with Crippen molar-refractivity contribution in [2.24, 2.45) is 0 Å². The molecule has 0 radical (unpaired) electrons. The van der Waals surface area contributed by atoms with Crippen LogP contribution in [0.3, 0.4) is 0 Å². The van der Waals surface area contributed by atoms with Crippen molar-refractivity contribution in [1.29, 1.82) is 0 Å². The standard InChI is InChI=1S/C14H17FN4O/c1-18(14-5-3-12(11-20)4-6-14)9-13-10-19(17-16-13)8-2-7-15/h3-6,10-11H,2,7-9H2,1H3. The molecule has 0 spiro atoms. The van der Waals surface area contributed by atoms with E-state index in [1.807, 2.05) is 30.3 Å². The predicted octanol–water partition coefficient (Wildman–Crippen LogP) is 2.09. The summed E-state index contributed by atoms with van der Waals surface area (Å²) in [6.07, 6.45) is 3.10. The zero-order chi connectivity index (χ0) is 14.4. The Morgan fingerprint density at radius 1 is 1.35 bits per heavy atom. The Hall–Kier alpha value is -2.24. The van der Waals surface area contributed by atoms with Crippen molar-refractivity contribution in [2.45, 2.75) is 19.5 Å². The number of hydrogen-bond donors (Lipinski definition) is 0. The summed E-state index contributed by atoms with van der Waals surface area (Å²) in [7, 11) is 1.94. The molecule has 20 heavy (non-hydrogen) atoms. The van der Waals surface area contributed by atoms with Gasteiger partial charge in [-0.2, -0.15) is 0 Å². The first kappa shape index (κ1) is 14.2. The van der Waals surface area contributed by atoms with Gasteiger partial charge in [-0.3, -0.25) is 13.9 Å². The number of carbonyl (C=O) groups excluding carboxylic acids is 1. The van der Waals surface area contributed by atoms with E-state index in [4.69, 9.17) is 0 Å². The van der Waals surface area contributed by atoms with Crippen LogP contribution in [0.4, 0.5) is 10.1 Å². The maximum Gasteiger partial charge on any atom is 0.150 e. The van der Waals surface area contributed by atoms with Crippen molar-refractivity contribution >= 4 is 12.0 Å². The third kappa shape index (κ3) is 3.63. The van der Waals surface area contributed by atoms with Crippen LogP contribution >= 0.6 is 0 Å². The average molecular weight is 276 g/mol. The number of carbonyl (C=O) groups is 1. The fourth-order valence-electron chi connectivity index (χ4n) is 1.88. The largest absolute Gasteiger partial charge is 0.369 e. The van der Waals surface area contributed by atoms with Crippen LogP contribution in [0.5, 0.6) is 0 Å². The molecule has 2 rings (SSSR count). The monoisotopic (exact) mass is 276 g/mol. The van der Waals surface area contributed by atoms with Crippen LogP contribution in [0.1, 0.15) is 22.5 Å². The first-order valence-corrected chi connectivity index (χ1v) is 6.44. The van der Waals surface area contributed by atoms with Crippen LogP contribution < -0.4 is 4.90 Å². The summed E-state index contributed by atoms with van der Waals surface area (Å²) < 4.78 is 13.7. The number of benzene rings is 1. The highest BCUT2D eigenvalue weighted by Crippen LogP contribution is 2.15. The molecule has 0 bridgehead atoms. The number of hydrogen-bond acceptors (Lipinski definition) is 4. The van der Waals surface area contributed by atoms with Gasteiger partial charge in [-0.1, -0.05) is 5.21 Å². The quantitative estimate of drug-likeness (QED) is 0.727. The Bertz CT molecular complexity index is 553. The second-order valence-corrected chi connectivity index (χ2v) is 4.58. The van der Waals surface area contributed by atoms with Crippen molar-refractivity contribution in [2.75, 3.05) is 18.6 Å². The predicted molar refractivity (Wildman–Crippen MR) is 74.6 cm³/mol. The maximum atomic E-state index is 12.1. The molecule has 0 fully saturated rings. The molecule has 5 nitrogen and oxygen atoms in total. The van der Waals surface area contributed by atoms with Gasteiger partial charge in [0.2, 0.25) is 0 Å². The van der Waals surface area contributed by atoms with Gasteiger partial charge in [0.05, 0.1) is 19.4 Å². The van der Waals surface area contributed by atoms with Crippen molar-refractivity contribution in [3.8, 4) is 0 Å². The summed E-state index contributed by atoms with van der Waals surface area (Å²) in [5.74, 6) is 0. The van der Waals surface area contributed by atoms with E-state index in [1.54, 1.807) is 16.8 Å². The number of aldehydes is 1. The van der Waals surface area contributed by atoms with E-state index in [0.29, 0.717) is 25.1 Å². The van der Waals surface area contributed by atoms with Gasteiger partial charge in [0.15, 0.2) is 0 Å². The minimum Gasteiger partial charge on any atom is -0.369 e. The molecule has 0 unspecified atom stereocenters. The lowest BCUT2D eigenvalue weighted by molar-refractivity contribution is 0.112. The van der Waals surface area contributed by atoms with E-state index < -0.39 is 0 Å². The number of aromatic nitrogens is 3. The highest BCUT2D eigenvalue weighted by molar-refractivity contribution is 5.75. The lowest BCUT2D eigenvalue weighted by atomic mass is 10.2. The van der Waals surface area contributed by atoms with Gasteiger partial charge in [0.25, 0.3) is 0 Å². The molecule has 6 heteroatoms. The van der Waals surface area contributed by atoms with Gasteiger partial charge in [-0.15, -0.1) is 5.10 Å². The van der Waals surface area contributed by atoms with Gasteiger partial charge in [-0.25, -0.2) is 0 Å². The Morgan fingerprint density at radius 2 is 2.10 bits per heavy atom. The van der Waals surface area contributed by atoms with Crippen molar-refractivity contribution < 1.29 is 9.18 Å². The normalized spacial score (nSPS) is 10.5. The Labute approximate surface area is 117 Å². The van der Waals surface area contributed by atoms with Crippen LogP contribution in [-0.4, -0.2) is 35.0 Å². The molecule has 0 aliphatic rings. The van der Waals surface area contributed by atoms with Crippen molar-refractivity contribution in [3.63, 3.8) is 0 Å². The van der Waals surface area contributed by atoms with Crippen LogP contribution in [0.2, 0.25) is 0 Å². The van der Waals surface area contributed by atoms with Gasteiger partial charge in [-0.05, 0) is 30.7 Å². The molecule has 1 aromatic heterocycles. The van der Waals surface area contributed by atoms with Crippen LogP contribution in [0, 0.1) is 0 Å². The number of nitrogens with zero attached hydrogens (tertiary/aromatic N) is 4. The molecule has 0 saturated carbocycles. The van der Waals surface area contributed by atoms with E-state index in [-0.39, 0.29) is 6.67 Å². The van der Waals surface area contributed by atoms with Gasteiger partial charge < -0.3 is 4.90 Å². The highest BCUT2D eigenvalue weighted by Gasteiger charge is 2.06. The van der Waals surface area contributed by atoms with Crippen LogP contribution in [0.25, 0.3) is 0 Å². The zero-order valence-electron chi connectivity index (χ0n) is 11.4. The maximum absolute atomic E-state index is 12.1. The molecule has 0 N–H and O–H groups in total. The number of anilines is 1. The molecule has 0 aliphatic carbocycles. The number of aryl methyl sites for hydroxylation is 1. The molecule has 0 aliphatic heterocycles. The van der Waals surface area contributed by atoms with Gasteiger partial charge in [0, 0.05) is 24.8 Å². The fourth-order valence-corrected chi connectivity index (χ4v) is 1.88. The third-order valence-corrected chi connectivity index (χ3v) is 2.98. The minimum absolute atomic E-state index is 0.349.